The largest absolute Gasteiger partial charge is 0.432 e. The number of hydroxylamine groups is 2. The Morgan fingerprint density at radius 1 is 0.778 bits per heavy atom. The SMILES string of the molecule is CCCCCCCCCCCCCCCCNC(=O)ON1C(=O)CCC1=O. The summed E-state index contributed by atoms with van der Waals surface area (Å²) in [4.78, 5) is 39.0. The Morgan fingerprint density at radius 2 is 1.19 bits per heavy atom. The Bertz CT molecular complexity index is 424. The smallest absolute Gasteiger partial charge is 0.320 e. The number of nitrogens with zero attached hydrogens (tertiary/aromatic N) is 1. The monoisotopic (exact) mass is 382 g/mol. The van der Waals surface area contributed by atoms with E-state index in [-0.39, 0.29) is 12.8 Å². The average molecular weight is 383 g/mol. The highest BCUT2D eigenvalue weighted by atomic mass is 16.7. The van der Waals surface area contributed by atoms with Crippen molar-refractivity contribution in [2.24, 2.45) is 0 Å². The predicted octanol–water partition coefficient (Wildman–Crippen LogP) is 5.26. The van der Waals surface area contributed by atoms with Gasteiger partial charge in [0.15, 0.2) is 0 Å². The molecule has 0 bridgehead atoms. The van der Waals surface area contributed by atoms with Crippen LogP contribution in [0, 0.1) is 0 Å². The van der Waals surface area contributed by atoms with Crippen molar-refractivity contribution in [2.75, 3.05) is 6.54 Å². The van der Waals surface area contributed by atoms with Gasteiger partial charge in [-0.25, -0.2) is 4.79 Å². The van der Waals surface area contributed by atoms with E-state index in [1.807, 2.05) is 0 Å². The molecule has 0 spiro atoms. The van der Waals surface area contributed by atoms with Crippen LogP contribution in [0.25, 0.3) is 0 Å². The van der Waals surface area contributed by atoms with E-state index >= 15 is 0 Å². The molecule has 156 valence electrons. The summed E-state index contributed by atoms with van der Waals surface area (Å²) >= 11 is 0. The van der Waals surface area contributed by atoms with Crippen molar-refractivity contribution in [2.45, 2.75) is 110 Å². The Morgan fingerprint density at radius 3 is 1.63 bits per heavy atom. The molecule has 0 aromatic rings. The number of amides is 3. The molecule has 0 aliphatic carbocycles. The third-order valence-corrected chi connectivity index (χ3v) is 4.98. The van der Waals surface area contributed by atoms with Gasteiger partial charge < -0.3 is 10.2 Å². The van der Waals surface area contributed by atoms with Crippen molar-refractivity contribution in [3.8, 4) is 0 Å². The summed E-state index contributed by atoms with van der Waals surface area (Å²) in [6, 6.07) is 0. The fraction of sp³-hybridized carbons (Fsp3) is 0.857. The Balaban J connectivity index is 1.80. The second-order valence-corrected chi connectivity index (χ2v) is 7.48. The van der Waals surface area contributed by atoms with Gasteiger partial charge in [0.1, 0.15) is 0 Å². The number of imide groups is 1. The second kappa shape index (κ2) is 15.5. The van der Waals surface area contributed by atoms with Gasteiger partial charge in [0.25, 0.3) is 11.8 Å². The summed E-state index contributed by atoms with van der Waals surface area (Å²) < 4.78 is 0. The van der Waals surface area contributed by atoms with Gasteiger partial charge in [-0.05, 0) is 6.42 Å². The van der Waals surface area contributed by atoms with Gasteiger partial charge in [0.05, 0.1) is 0 Å². The first-order valence-electron chi connectivity index (χ1n) is 11.0. The maximum atomic E-state index is 11.5. The van der Waals surface area contributed by atoms with Crippen molar-refractivity contribution in [3.63, 3.8) is 0 Å². The second-order valence-electron chi connectivity index (χ2n) is 7.48. The molecule has 27 heavy (non-hydrogen) atoms. The average Bonchev–Trinajstić information content (AvgIpc) is 2.97. The maximum absolute atomic E-state index is 11.5. The molecule has 0 radical (unpaired) electrons. The molecule has 1 aliphatic rings. The fourth-order valence-electron chi connectivity index (χ4n) is 3.28. The Kier molecular flexibility index (Phi) is 13.4. The third-order valence-electron chi connectivity index (χ3n) is 4.98. The molecule has 0 aromatic heterocycles. The highest BCUT2D eigenvalue weighted by Gasteiger charge is 2.32. The van der Waals surface area contributed by atoms with Gasteiger partial charge >= 0.3 is 6.09 Å². The Labute approximate surface area is 164 Å². The first-order chi connectivity index (χ1) is 13.1. The van der Waals surface area contributed by atoms with Crippen molar-refractivity contribution in [1.29, 1.82) is 0 Å². The minimum Gasteiger partial charge on any atom is -0.320 e. The molecule has 1 heterocycles. The lowest BCUT2D eigenvalue weighted by Crippen LogP contribution is -2.37. The molecular formula is C21H38N2O4. The first-order valence-corrected chi connectivity index (χ1v) is 11.0. The quantitative estimate of drug-likeness (QED) is 0.292. The lowest BCUT2D eigenvalue weighted by atomic mass is 10.0. The van der Waals surface area contributed by atoms with Crippen LogP contribution in [0.3, 0.4) is 0 Å². The van der Waals surface area contributed by atoms with E-state index in [0.717, 1.165) is 12.8 Å². The summed E-state index contributed by atoms with van der Waals surface area (Å²) in [6.07, 6.45) is 17.5. The van der Waals surface area contributed by atoms with Crippen LogP contribution in [0.4, 0.5) is 4.79 Å². The number of unbranched alkanes of at least 4 members (excludes halogenated alkanes) is 13. The van der Waals surface area contributed by atoms with Gasteiger partial charge in [-0.15, -0.1) is 5.06 Å². The van der Waals surface area contributed by atoms with Crippen LogP contribution in [0.2, 0.25) is 0 Å². The molecule has 6 heteroatoms. The molecule has 0 atom stereocenters. The van der Waals surface area contributed by atoms with E-state index < -0.39 is 17.9 Å². The van der Waals surface area contributed by atoms with E-state index in [0.29, 0.717) is 11.6 Å². The van der Waals surface area contributed by atoms with Crippen molar-refractivity contribution in [3.05, 3.63) is 0 Å². The molecular weight excluding hydrogens is 344 g/mol. The molecule has 0 unspecified atom stereocenters. The predicted molar refractivity (Wildman–Crippen MR) is 106 cm³/mol. The first kappa shape index (κ1) is 23.4. The van der Waals surface area contributed by atoms with Gasteiger partial charge in [-0.3, -0.25) is 9.59 Å². The molecule has 1 fully saturated rings. The van der Waals surface area contributed by atoms with Crippen LogP contribution in [0.5, 0.6) is 0 Å². The summed E-state index contributed by atoms with van der Waals surface area (Å²) in [7, 11) is 0. The summed E-state index contributed by atoms with van der Waals surface area (Å²) in [6.45, 7) is 2.76. The molecule has 0 saturated carbocycles. The van der Waals surface area contributed by atoms with Crippen LogP contribution < -0.4 is 5.32 Å². The highest BCUT2D eigenvalue weighted by molar-refractivity contribution is 6.01. The standard InChI is InChI=1S/C21H38N2O4/c1-2-3-4-5-6-7-8-9-10-11-12-13-14-15-18-22-21(26)27-23-19(24)16-17-20(23)25/h2-18H2,1H3,(H,22,26). The van der Waals surface area contributed by atoms with Crippen molar-refractivity contribution >= 4 is 17.9 Å². The number of hydrogen-bond donors (Lipinski definition) is 1. The fourth-order valence-corrected chi connectivity index (χ4v) is 3.28. The lowest BCUT2D eigenvalue weighted by molar-refractivity contribution is -0.171. The number of nitrogens with one attached hydrogen (secondary N) is 1. The van der Waals surface area contributed by atoms with Crippen molar-refractivity contribution in [1.82, 2.24) is 10.4 Å². The summed E-state index contributed by atoms with van der Waals surface area (Å²) in [5, 5.41) is 3.16. The van der Waals surface area contributed by atoms with E-state index in [9.17, 15) is 14.4 Å². The van der Waals surface area contributed by atoms with Gasteiger partial charge in [0.2, 0.25) is 0 Å². The number of carbonyl (C=O) groups excluding carboxylic acids is 3. The maximum Gasteiger partial charge on any atom is 0.432 e. The highest BCUT2D eigenvalue weighted by Crippen LogP contribution is 2.13. The zero-order chi connectivity index (χ0) is 19.7. The molecule has 1 N–H and O–H groups in total. The number of hydrogen-bond acceptors (Lipinski definition) is 4. The van der Waals surface area contributed by atoms with Gasteiger partial charge in [-0.2, -0.15) is 0 Å². The van der Waals surface area contributed by atoms with E-state index in [1.54, 1.807) is 0 Å². The molecule has 3 amide bonds. The van der Waals surface area contributed by atoms with Gasteiger partial charge in [-0.1, -0.05) is 90.4 Å². The zero-order valence-electron chi connectivity index (χ0n) is 17.1. The molecule has 0 aromatic carbocycles. The van der Waals surface area contributed by atoms with Crippen LogP contribution in [0.15, 0.2) is 0 Å². The summed E-state index contributed by atoms with van der Waals surface area (Å²) in [5.41, 5.74) is 0. The van der Waals surface area contributed by atoms with E-state index in [1.165, 1.54) is 77.0 Å². The van der Waals surface area contributed by atoms with Crippen LogP contribution in [0.1, 0.15) is 110 Å². The lowest BCUT2D eigenvalue weighted by Gasteiger charge is -2.13. The van der Waals surface area contributed by atoms with E-state index in [2.05, 4.69) is 12.2 Å². The number of rotatable bonds is 16. The van der Waals surface area contributed by atoms with Crippen LogP contribution >= 0.6 is 0 Å². The van der Waals surface area contributed by atoms with E-state index in [4.69, 9.17) is 4.84 Å². The third kappa shape index (κ3) is 11.7. The Hall–Kier alpha value is -1.59. The molecule has 1 rings (SSSR count). The van der Waals surface area contributed by atoms with Crippen molar-refractivity contribution < 1.29 is 19.2 Å². The number of carbonyl (C=O) groups is 3. The topological polar surface area (TPSA) is 75.7 Å². The minimum absolute atomic E-state index is 0.116. The molecule has 6 nitrogen and oxygen atoms in total. The zero-order valence-corrected chi connectivity index (χ0v) is 17.1. The summed E-state index contributed by atoms with van der Waals surface area (Å²) in [5.74, 6) is -0.904. The minimum atomic E-state index is -0.728. The molecule has 1 saturated heterocycles. The van der Waals surface area contributed by atoms with Crippen LogP contribution in [-0.2, 0) is 14.4 Å². The molecule has 1 aliphatic heterocycles. The normalized spacial score (nSPS) is 14.0. The van der Waals surface area contributed by atoms with Crippen LogP contribution in [-0.4, -0.2) is 29.5 Å². The van der Waals surface area contributed by atoms with Gasteiger partial charge in [0, 0.05) is 19.4 Å².